The number of halogens is 2. The van der Waals surface area contributed by atoms with Crippen molar-refractivity contribution in [2.24, 2.45) is 0 Å². The molecule has 1 rings (SSSR count). The van der Waals surface area contributed by atoms with Gasteiger partial charge in [-0.2, -0.15) is 0 Å². The van der Waals surface area contributed by atoms with E-state index in [2.05, 4.69) is 9.05 Å². The van der Waals surface area contributed by atoms with Gasteiger partial charge in [-0.05, 0) is 0 Å². The largest absolute Gasteiger partial charge is 0.333 e. The molecule has 1 saturated heterocycles. The maximum atomic E-state index is 12.0. The fourth-order valence-corrected chi connectivity index (χ4v) is 0.878. The zero-order chi connectivity index (χ0) is 5.98. The van der Waals surface area contributed by atoms with Crippen LogP contribution >= 0.6 is 9.03 Å². The minimum absolute atomic E-state index is 0.181. The highest BCUT2D eigenvalue weighted by Crippen LogP contribution is 2.26. The molecule has 0 amide bonds. The smallest absolute Gasteiger partial charge is 0.237 e. The lowest BCUT2D eigenvalue weighted by molar-refractivity contribution is -0.0476. The Bertz CT molecular complexity index is 71.7. The molecule has 1 fully saturated rings. The van der Waals surface area contributed by atoms with Gasteiger partial charge in [-0.15, -0.1) is 0 Å². The lowest BCUT2D eigenvalue weighted by Crippen LogP contribution is -2.25. The Balaban J connectivity index is 2.28. The van der Waals surface area contributed by atoms with E-state index in [1.165, 1.54) is 0 Å². The van der Waals surface area contributed by atoms with Crippen molar-refractivity contribution in [1.29, 1.82) is 0 Å². The van der Waals surface area contributed by atoms with Crippen LogP contribution in [0.4, 0.5) is 8.78 Å². The summed E-state index contributed by atoms with van der Waals surface area (Å²) < 4.78 is 32.5. The third-order valence-corrected chi connectivity index (χ3v) is 1.35. The molecule has 3 atom stereocenters. The summed E-state index contributed by atoms with van der Waals surface area (Å²) >= 11 is 0. The molecular formula is C3H5F2O2P. The molecule has 1 aliphatic rings. The van der Waals surface area contributed by atoms with Crippen LogP contribution in [0.3, 0.4) is 0 Å². The average Bonchev–Trinajstić information content (AvgIpc) is 1.77. The van der Waals surface area contributed by atoms with Gasteiger partial charge in [0.05, 0.1) is 6.61 Å². The fourth-order valence-electron chi connectivity index (χ4n) is 0.343. The first-order valence-corrected chi connectivity index (χ1v) is 2.93. The van der Waals surface area contributed by atoms with Crippen LogP contribution in [0.15, 0.2) is 0 Å². The van der Waals surface area contributed by atoms with Crippen LogP contribution in [0.2, 0.25) is 0 Å². The van der Waals surface area contributed by atoms with Crippen molar-refractivity contribution in [2.45, 2.75) is 12.5 Å². The monoisotopic (exact) mass is 142 g/mol. The summed E-state index contributed by atoms with van der Waals surface area (Å²) in [5, 5.41) is 0. The topological polar surface area (TPSA) is 18.5 Å². The van der Waals surface area contributed by atoms with Gasteiger partial charge in [-0.1, -0.05) is 0 Å². The van der Waals surface area contributed by atoms with E-state index in [1.807, 2.05) is 0 Å². The maximum absolute atomic E-state index is 12.0. The summed E-state index contributed by atoms with van der Waals surface area (Å²) in [5.74, 6) is 0. The quantitative estimate of drug-likeness (QED) is 0.472. The van der Waals surface area contributed by atoms with E-state index in [-0.39, 0.29) is 15.6 Å². The Labute approximate surface area is 47.1 Å². The highest BCUT2D eigenvalue weighted by molar-refractivity contribution is 7.26. The van der Waals surface area contributed by atoms with Crippen molar-refractivity contribution in [3.8, 4) is 0 Å². The van der Waals surface area contributed by atoms with Crippen molar-refractivity contribution in [3.05, 3.63) is 0 Å². The van der Waals surface area contributed by atoms with E-state index in [0.717, 1.165) is 0 Å². The third-order valence-electron chi connectivity index (χ3n) is 0.747. The molecule has 8 heavy (non-hydrogen) atoms. The summed E-state index contributed by atoms with van der Waals surface area (Å²) in [5.41, 5.74) is 0. The molecule has 0 saturated carbocycles. The van der Waals surface area contributed by atoms with Gasteiger partial charge < -0.3 is 4.52 Å². The molecule has 1 aliphatic heterocycles. The second-order valence-electron chi connectivity index (χ2n) is 1.38. The first-order valence-electron chi connectivity index (χ1n) is 2.11. The summed E-state index contributed by atoms with van der Waals surface area (Å²) in [6.07, 6.45) is -3.38. The molecule has 0 radical (unpaired) electrons. The molecule has 0 bridgehead atoms. The predicted octanol–water partition coefficient (Wildman–Crippen LogP) is 1.18. The van der Waals surface area contributed by atoms with E-state index in [0.29, 0.717) is 0 Å². The van der Waals surface area contributed by atoms with E-state index in [9.17, 15) is 8.78 Å². The Hall–Kier alpha value is 0.210. The minimum Gasteiger partial charge on any atom is -0.333 e. The second-order valence-corrected chi connectivity index (χ2v) is 2.07. The van der Waals surface area contributed by atoms with Gasteiger partial charge in [0.1, 0.15) is 0 Å². The summed E-state index contributed by atoms with van der Waals surface area (Å²) in [7, 11) is -0.347. The van der Waals surface area contributed by atoms with Gasteiger partial charge in [0, 0.05) is 0 Å². The van der Waals surface area contributed by atoms with E-state index in [1.54, 1.807) is 0 Å². The van der Waals surface area contributed by atoms with Crippen LogP contribution in [0, 0.1) is 0 Å². The Morgan fingerprint density at radius 3 is 2.62 bits per heavy atom. The zero-order valence-corrected chi connectivity index (χ0v) is 4.93. The van der Waals surface area contributed by atoms with Gasteiger partial charge >= 0.3 is 0 Å². The van der Waals surface area contributed by atoms with Crippen LogP contribution < -0.4 is 0 Å². The van der Waals surface area contributed by atoms with Crippen molar-refractivity contribution < 1.29 is 17.8 Å². The van der Waals surface area contributed by atoms with Crippen molar-refractivity contribution in [1.82, 2.24) is 0 Å². The molecule has 3 unspecified atom stereocenters. The van der Waals surface area contributed by atoms with Gasteiger partial charge in [-0.25, -0.2) is 8.78 Å². The summed E-state index contributed by atoms with van der Waals surface area (Å²) in [6.45, 7) is -0.181. The highest BCUT2D eigenvalue weighted by atomic mass is 31.1. The Morgan fingerprint density at radius 1 is 1.50 bits per heavy atom. The highest BCUT2D eigenvalue weighted by Gasteiger charge is 2.25. The standard InChI is InChI=1S/C3H5F2O2P/c4-2-1-6-8-7-3(2)5/h2-3,8H,1H2. The van der Waals surface area contributed by atoms with Crippen LogP contribution in [0.1, 0.15) is 0 Å². The van der Waals surface area contributed by atoms with Gasteiger partial charge in [0.15, 0.2) is 15.2 Å². The molecule has 0 aromatic heterocycles. The molecular weight excluding hydrogens is 137 g/mol. The van der Waals surface area contributed by atoms with E-state index >= 15 is 0 Å². The lowest BCUT2D eigenvalue weighted by Gasteiger charge is -2.18. The summed E-state index contributed by atoms with van der Waals surface area (Å²) in [6, 6.07) is 0. The molecule has 2 nitrogen and oxygen atoms in total. The number of hydrogen-bond donors (Lipinski definition) is 0. The average molecular weight is 142 g/mol. The molecule has 5 heteroatoms. The lowest BCUT2D eigenvalue weighted by atomic mass is 10.4. The zero-order valence-electron chi connectivity index (χ0n) is 3.93. The van der Waals surface area contributed by atoms with E-state index in [4.69, 9.17) is 0 Å². The van der Waals surface area contributed by atoms with E-state index < -0.39 is 12.5 Å². The fraction of sp³-hybridized carbons (Fsp3) is 1.00. The number of hydrogen-bond acceptors (Lipinski definition) is 2. The molecule has 0 N–H and O–H groups in total. The second kappa shape index (κ2) is 2.67. The summed E-state index contributed by atoms with van der Waals surface area (Å²) in [4.78, 5) is 0. The first-order chi connectivity index (χ1) is 3.80. The maximum Gasteiger partial charge on any atom is 0.237 e. The molecule has 0 aromatic carbocycles. The van der Waals surface area contributed by atoms with Crippen molar-refractivity contribution in [3.63, 3.8) is 0 Å². The number of rotatable bonds is 0. The molecule has 0 aliphatic carbocycles. The van der Waals surface area contributed by atoms with Gasteiger partial charge in [0.25, 0.3) is 0 Å². The van der Waals surface area contributed by atoms with Gasteiger partial charge in [-0.3, -0.25) is 4.52 Å². The minimum atomic E-state index is -1.78. The first kappa shape index (κ1) is 6.33. The SMILES string of the molecule is FC1COPOC1F. The number of alkyl halides is 2. The molecule has 48 valence electrons. The molecule has 0 aromatic rings. The molecule has 1 heterocycles. The van der Waals surface area contributed by atoms with Crippen molar-refractivity contribution >= 4 is 9.03 Å². The predicted molar refractivity (Wildman–Crippen MR) is 25.1 cm³/mol. The van der Waals surface area contributed by atoms with Crippen molar-refractivity contribution in [2.75, 3.05) is 6.61 Å². The van der Waals surface area contributed by atoms with Crippen LogP contribution in [0.25, 0.3) is 0 Å². The van der Waals surface area contributed by atoms with Crippen LogP contribution in [0.5, 0.6) is 0 Å². The van der Waals surface area contributed by atoms with Crippen LogP contribution in [-0.4, -0.2) is 19.1 Å². The Morgan fingerprint density at radius 2 is 2.25 bits per heavy atom. The third kappa shape index (κ3) is 1.34. The van der Waals surface area contributed by atoms with Gasteiger partial charge in [0.2, 0.25) is 6.36 Å². The Kier molecular flexibility index (Phi) is 2.11. The normalized spacial score (nSPS) is 42.8. The van der Waals surface area contributed by atoms with Crippen LogP contribution in [-0.2, 0) is 9.05 Å². The molecule has 0 spiro atoms.